The van der Waals surface area contributed by atoms with Crippen molar-refractivity contribution in [3.05, 3.63) is 41.2 Å². The second-order valence-corrected chi connectivity index (χ2v) is 8.08. The van der Waals surface area contributed by atoms with Gasteiger partial charge in [0, 0.05) is 18.7 Å². The zero-order valence-electron chi connectivity index (χ0n) is 16.2. The van der Waals surface area contributed by atoms with E-state index in [0.29, 0.717) is 40.5 Å². The molecule has 156 valence electrons. The number of carbonyl (C=O) groups is 1. The van der Waals surface area contributed by atoms with Gasteiger partial charge >= 0.3 is 0 Å². The Labute approximate surface area is 168 Å². The van der Waals surface area contributed by atoms with E-state index in [2.05, 4.69) is 10.0 Å². The lowest BCUT2D eigenvalue weighted by molar-refractivity contribution is -0.116. The Bertz CT molecular complexity index is 1030. The third-order valence-electron chi connectivity index (χ3n) is 4.53. The average Bonchev–Trinajstić information content (AvgIpc) is 2.70. The number of aryl methyl sites for hydroxylation is 1. The van der Waals surface area contributed by atoms with Crippen LogP contribution in [0.4, 0.5) is 10.1 Å². The summed E-state index contributed by atoms with van der Waals surface area (Å²) in [5, 5.41) is 2.54. The molecule has 1 aliphatic rings. The first-order chi connectivity index (χ1) is 13.8. The quantitative estimate of drug-likeness (QED) is 0.707. The Morgan fingerprint density at radius 1 is 1.03 bits per heavy atom. The molecule has 2 N–H and O–H groups in total. The topological polar surface area (TPSA) is 103 Å². The molecule has 0 spiro atoms. The predicted octanol–water partition coefficient (Wildman–Crippen LogP) is 2.21. The second kappa shape index (κ2) is 8.26. The number of nitrogens with one attached hydrogen (secondary N) is 2. The van der Waals surface area contributed by atoms with Crippen LogP contribution in [0.5, 0.6) is 17.2 Å². The maximum atomic E-state index is 14.4. The molecule has 0 atom stereocenters. The van der Waals surface area contributed by atoms with E-state index < -0.39 is 20.7 Å². The molecule has 1 aliphatic heterocycles. The molecule has 1 amide bonds. The van der Waals surface area contributed by atoms with E-state index in [1.54, 1.807) is 12.1 Å². The lowest BCUT2D eigenvalue weighted by atomic mass is 10.0. The van der Waals surface area contributed by atoms with Gasteiger partial charge in [-0.1, -0.05) is 0 Å². The van der Waals surface area contributed by atoms with Gasteiger partial charge in [0.05, 0.1) is 21.3 Å². The van der Waals surface area contributed by atoms with E-state index in [9.17, 15) is 17.6 Å². The van der Waals surface area contributed by atoms with Crippen LogP contribution in [0.3, 0.4) is 0 Å². The van der Waals surface area contributed by atoms with E-state index >= 15 is 0 Å². The smallest absolute Gasteiger partial charge is 0.243 e. The molecule has 0 saturated carbocycles. The third-order valence-corrected chi connectivity index (χ3v) is 5.95. The molecule has 0 saturated heterocycles. The first kappa shape index (κ1) is 20.9. The van der Waals surface area contributed by atoms with Gasteiger partial charge < -0.3 is 19.5 Å². The van der Waals surface area contributed by atoms with Crippen LogP contribution in [0.15, 0.2) is 29.2 Å². The van der Waals surface area contributed by atoms with Crippen molar-refractivity contribution in [1.82, 2.24) is 4.72 Å². The summed E-state index contributed by atoms with van der Waals surface area (Å²) in [5.74, 6) is -0.0470. The van der Waals surface area contributed by atoms with Gasteiger partial charge in [0.1, 0.15) is 10.7 Å². The molecule has 2 aromatic rings. The molecule has 10 heteroatoms. The minimum absolute atomic E-state index is 0.119. The maximum absolute atomic E-state index is 14.4. The average molecular weight is 424 g/mol. The van der Waals surface area contributed by atoms with Gasteiger partial charge in [-0.05, 0) is 41.8 Å². The van der Waals surface area contributed by atoms with E-state index in [4.69, 9.17) is 14.2 Å². The van der Waals surface area contributed by atoms with Crippen LogP contribution in [0.2, 0.25) is 0 Å². The van der Waals surface area contributed by atoms with Crippen molar-refractivity contribution in [2.24, 2.45) is 0 Å². The summed E-state index contributed by atoms with van der Waals surface area (Å²) in [6.45, 7) is -0.119. The van der Waals surface area contributed by atoms with Crippen molar-refractivity contribution < 1.29 is 31.8 Å². The number of ether oxygens (including phenoxy) is 3. The molecular weight excluding hydrogens is 403 g/mol. The number of hydrogen-bond donors (Lipinski definition) is 2. The van der Waals surface area contributed by atoms with Crippen LogP contribution in [0.25, 0.3) is 0 Å². The molecule has 3 rings (SSSR count). The fraction of sp³-hybridized carbons (Fsp3) is 0.316. The predicted molar refractivity (Wildman–Crippen MR) is 103 cm³/mol. The Hall–Kier alpha value is -2.85. The van der Waals surface area contributed by atoms with Crippen molar-refractivity contribution in [2.45, 2.75) is 24.3 Å². The minimum Gasteiger partial charge on any atom is -0.493 e. The number of benzene rings is 2. The molecule has 0 radical (unpaired) electrons. The van der Waals surface area contributed by atoms with Crippen LogP contribution in [0, 0.1) is 5.82 Å². The van der Waals surface area contributed by atoms with Gasteiger partial charge in [-0.3, -0.25) is 4.79 Å². The standard InChI is InChI=1S/C19H21FN2O6S/c1-26-15-6-11(7-16(27-2)19(15)28-3)10-21-29(24,25)17-8-12-4-5-18(23)22-14(12)9-13(17)20/h6-9,21H,4-5,10H2,1-3H3,(H,22,23). The van der Waals surface area contributed by atoms with Crippen LogP contribution in [0.1, 0.15) is 17.5 Å². The second-order valence-electron chi connectivity index (χ2n) is 6.35. The number of hydrogen-bond acceptors (Lipinski definition) is 6. The van der Waals surface area contributed by atoms with Crippen LogP contribution < -0.4 is 24.2 Å². The summed E-state index contributed by atoms with van der Waals surface area (Å²) in [7, 11) is 0.223. The van der Waals surface area contributed by atoms with Gasteiger partial charge in [0.2, 0.25) is 21.7 Å². The highest BCUT2D eigenvalue weighted by molar-refractivity contribution is 7.89. The van der Waals surface area contributed by atoms with Crippen LogP contribution >= 0.6 is 0 Å². The number of rotatable bonds is 7. The van der Waals surface area contributed by atoms with Gasteiger partial charge in [-0.25, -0.2) is 17.5 Å². The van der Waals surface area contributed by atoms with Crippen molar-refractivity contribution in [3.63, 3.8) is 0 Å². The molecule has 0 bridgehead atoms. The molecule has 29 heavy (non-hydrogen) atoms. The van der Waals surface area contributed by atoms with E-state index in [0.717, 1.165) is 6.07 Å². The van der Waals surface area contributed by atoms with Crippen molar-refractivity contribution in [2.75, 3.05) is 26.6 Å². The highest BCUT2D eigenvalue weighted by atomic mass is 32.2. The number of methoxy groups -OCH3 is 3. The first-order valence-corrected chi connectivity index (χ1v) is 10.2. The SMILES string of the molecule is COc1cc(CNS(=O)(=O)c2cc3c(cc2F)NC(=O)CC3)cc(OC)c1OC. The lowest BCUT2D eigenvalue weighted by Crippen LogP contribution is -2.26. The largest absolute Gasteiger partial charge is 0.493 e. The third kappa shape index (κ3) is 4.28. The lowest BCUT2D eigenvalue weighted by Gasteiger charge is -2.18. The van der Waals surface area contributed by atoms with Crippen LogP contribution in [-0.2, 0) is 27.8 Å². The Morgan fingerprint density at radius 3 is 2.28 bits per heavy atom. The zero-order valence-corrected chi connectivity index (χ0v) is 17.0. The van der Waals surface area contributed by atoms with E-state index in [1.807, 2.05) is 0 Å². The number of sulfonamides is 1. The molecule has 0 unspecified atom stereocenters. The summed E-state index contributed by atoms with van der Waals surface area (Å²) in [4.78, 5) is 11.0. The summed E-state index contributed by atoms with van der Waals surface area (Å²) >= 11 is 0. The summed E-state index contributed by atoms with van der Waals surface area (Å²) in [6.07, 6.45) is 0.563. The van der Waals surface area contributed by atoms with Crippen molar-refractivity contribution in [3.8, 4) is 17.2 Å². The molecule has 0 aromatic heterocycles. The summed E-state index contributed by atoms with van der Waals surface area (Å²) in [6, 6.07) is 5.48. The van der Waals surface area contributed by atoms with E-state index in [-0.39, 0.29) is 18.9 Å². The number of amides is 1. The summed E-state index contributed by atoms with van der Waals surface area (Å²) < 4.78 is 57.9. The monoisotopic (exact) mass is 424 g/mol. The number of carbonyl (C=O) groups excluding carboxylic acids is 1. The highest BCUT2D eigenvalue weighted by Gasteiger charge is 2.24. The molecule has 1 heterocycles. The highest BCUT2D eigenvalue weighted by Crippen LogP contribution is 2.38. The fourth-order valence-corrected chi connectivity index (χ4v) is 4.20. The van der Waals surface area contributed by atoms with Crippen molar-refractivity contribution in [1.29, 1.82) is 0 Å². The Kier molecular flexibility index (Phi) is 5.94. The van der Waals surface area contributed by atoms with Crippen LogP contribution in [-0.4, -0.2) is 35.7 Å². The molecule has 2 aromatic carbocycles. The Balaban J connectivity index is 1.87. The van der Waals surface area contributed by atoms with Gasteiger partial charge in [0.15, 0.2) is 11.5 Å². The Morgan fingerprint density at radius 2 is 1.69 bits per heavy atom. The van der Waals surface area contributed by atoms with Crippen molar-refractivity contribution >= 4 is 21.6 Å². The molecule has 0 fully saturated rings. The fourth-order valence-electron chi connectivity index (χ4n) is 3.08. The normalized spacial score (nSPS) is 13.4. The van der Waals surface area contributed by atoms with Gasteiger partial charge in [0.25, 0.3) is 0 Å². The zero-order chi connectivity index (χ0) is 21.2. The van der Waals surface area contributed by atoms with Gasteiger partial charge in [-0.2, -0.15) is 0 Å². The summed E-state index contributed by atoms with van der Waals surface area (Å²) in [5.41, 5.74) is 1.40. The minimum atomic E-state index is -4.14. The maximum Gasteiger partial charge on any atom is 0.243 e. The van der Waals surface area contributed by atoms with E-state index in [1.165, 1.54) is 27.4 Å². The van der Waals surface area contributed by atoms with Gasteiger partial charge in [-0.15, -0.1) is 0 Å². The number of fused-ring (bicyclic) bond motifs is 1. The molecular formula is C19H21FN2O6S. The number of anilines is 1. The number of halogens is 1. The molecule has 8 nitrogen and oxygen atoms in total. The molecule has 0 aliphatic carbocycles. The first-order valence-electron chi connectivity index (χ1n) is 8.70.